The zero-order chi connectivity index (χ0) is 11.3. The van der Waals surface area contributed by atoms with Crippen LogP contribution in [0.1, 0.15) is 0 Å². The third kappa shape index (κ3) is 3.73. The van der Waals surface area contributed by atoms with Gasteiger partial charge in [0.1, 0.15) is 0 Å². The van der Waals surface area contributed by atoms with E-state index >= 15 is 0 Å². The van der Waals surface area contributed by atoms with Crippen LogP contribution in [0.15, 0.2) is 35.2 Å². The number of rotatable bonds is 5. The van der Waals surface area contributed by atoms with Gasteiger partial charge in [0.05, 0.1) is 4.90 Å². The van der Waals surface area contributed by atoms with E-state index in [2.05, 4.69) is 13.5 Å². The Kier molecular flexibility index (Phi) is 4.44. The summed E-state index contributed by atoms with van der Waals surface area (Å²) in [5.41, 5.74) is 0. The van der Waals surface area contributed by atoms with Gasteiger partial charge in [-0.25, -0.2) is 0 Å². The predicted octanol–water partition coefficient (Wildman–Crippen LogP) is 1.36. The van der Waals surface area contributed by atoms with Gasteiger partial charge in [-0.1, -0.05) is 22.5 Å². The Morgan fingerprint density at radius 3 is 2.33 bits per heavy atom. The topological polar surface area (TPSA) is 78.9 Å². The number of benzene rings is 1. The Morgan fingerprint density at radius 1 is 1.20 bits per heavy atom. The summed E-state index contributed by atoms with van der Waals surface area (Å²) in [5, 5.41) is 0. The summed E-state index contributed by atoms with van der Waals surface area (Å²) in [6, 6.07) is 7.34. The van der Waals surface area contributed by atoms with E-state index in [4.69, 9.17) is 0 Å². The monoisotopic (exact) mass is 252 g/mol. The summed E-state index contributed by atoms with van der Waals surface area (Å²) in [7, 11) is -5.85. The molecule has 0 aromatic heterocycles. The lowest BCUT2D eigenvalue weighted by atomic mass is 10.4. The molecular formula is C7H9O6PS. The molecule has 0 fully saturated rings. The van der Waals surface area contributed by atoms with Crippen LogP contribution >= 0.6 is 8.25 Å². The standard InChI is InChI=1S/C7H9O6PS/c1-11-14(8)12-13-15(9,10)7-5-3-2-4-6-7/h2-6,14H,1H3. The van der Waals surface area contributed by atoms with Gasteiger partial charge in [-0.2, -0.15) is 8.42 Å². The molecule has 1 unspecified atom stereocenters. The zero-order valence-electron chi connectivity index (χ0n) is 7.74. The van der Waals surface area contributed by atoms with E-state index in [-0.39, 0.29) is 4.90 Å². The lowest BCUT2D eigenvalue weighted by molar-refractivity contribution is -0.0962. The maximum absolute atomic E-state index is 11.3. The molecule has 0 saturated heterocycles. The van der Waals surface area contributed by atoms with Crippen molar-refractivity contribution in [3.63, 3.8) is 0 Å². The summed E-state index contributed by atoms with van der Waals surface area (Å²) in [6.45, 7) is 0. The van der Waals surface area contributed by atoms with Crippen LogP contribution in [0.5, 0.6) is 0 Å². The molecule has 0 radical (unpaired) electrons. The van der Waals surface area contributed by atoms with E-state index in [1.54, 1.807) is 6.07 Å². The van der Waals surface area contributed by atoms with Crippen molar-refractivity contribution in [1.82, 2.24) is 0 Å². The van der Waals surface area contributed by atoms with Gasteiger partial charge in [0.25, 0.3) is 0 Å². The molecule has 15 heavy (non-hydrogen) atoms. The minimum Gasteiger partial charge on any atom is -0.312 e. The highest BCUT2D eigenvalue weighted by Crippen LogP contribution is 2.25. The van der Waals surface area contributed by atoms with Crippen molar-refractivity contribution in [2.45, 2.75) is 4.90 Å². The summed E-state index contributed by atoms with van der Waals surface area (Å²) in [5.74, 6) is 0. The molecule has 0 spiro atoms. The van der Waals surface area contributed by atoms with Crippen molar-refractivity contribution in [2.75, 3.05) is 7.11 Å². The summed E-state index contributed by atoms with van der Waals surface area (Å²) >= 11 is 0. The van der Waals surface area contributed by atoms with E-state index < -0.39 is 18.4 Å². The third-order valence-corrected chi connectivity index (χ3v) is 3.16. The molecule has 0 saturated carbocycles. The third-order valence-electron chi connectivity index (χ3n) is 1.39. The van der Waals surface area contributed by atoms with Gasteiger partial charge in [-0.3, -0.25) is 4.57 Å². The van der Waals surface area contributed by atoms with Gasteiger partial charge >= 0.3 is 18.4 Å². The van der Waals surface area contributed by atoms with Gasteiger partial charge in [0.15, 0.2) is 0 Å². The van der Waals surface area contributed by atoms with E-state index in [1.165, 1.54) is 24.3 Å². The van der Waals surface area contributed by atoms with Gasteiger partial charge in [-0.15, -0.1) is 4.67 Å². The normalized spacial score (nSPS) is 13.7. The van der Waals surface area contributed by atoms with Crippen LogP contribution in [-0.2, 0) is 28.2 Å². The van der Waals surface area contributed by atoms with E-state index in [0.29, 0.717) is 0 Å². The van der Waals surface area contributed by atoms with Crippen molar-refractivity contribution in [3.05, 3.63) is 30.3 Å². The Hall–Kier alpha value is -0.720. The van der Waals surface area contributed by atoms with E-state index in [0.717, 1.165) is 7.11 Å². The fourth-order valence-corrected chi connectivity index (χ4v) is 1.95. The summed E-state index contributed by atoms with van der Waals surface area (Å²) in [6.07, 6.45) is 0. The van der Waals surface area contributed by atoms with Crippen LogP contribution in [-0.4, -0.2) is 15.5 Å². The second-order valence-electron chi connectivity index (χ2n) is 2.37. The lowest BCUT2D eigenvalue weighted by Gasteiger charge is -2.02. The Morgan fingerprint density at radius 2 is 1.80 bits per heavy atom. The first kappa shape index (κ1) is 12.4. The highest BCUT2D eigenvalue weighted by molar-refractivity contribution is 7.86. The van der Waals surface area contributed by atoms with Crippen molar-refractivity contribution in [3.8, 4) is 0 Å². The molecule has 6 nitrogen and oxygen atoms in total. The van der Waals surface area contributed by atoms with Crippen LogP contribution in [0, 0.1) is 0 Å². The van der Waals surface area contributed by atoms with Crippen LogP contribution in [0.4, 0.5) is 0 Å². The highest BCUT2D eigenvalue weighted by Gasteiger charge is 2.17. The Labute approximate surface area is 87.8 Å². The molecule has 0 bridgehead atoms. The maximum atomic E-state index is 11.3. The minimum atomic E-state index is -4.04. The van der Waals surface area contributed by atoms with Crippen molar-refractivity contribution < 1.29 is 26.5 Å². The molecule has 0 aliphatic heterocycles. The Balaban J connectivity index is 2.73. The number of hydrogen-bond donors (Lipinski definition) is 0. The Bertz CT molecular complexity index is 428. The fraction of sp³-hybridized carbons (Fsp3) is 0.143. The molecule has 0 aliphatic carbocycles. The average molecular weight is 252 g/mol. The van der Waals surface area contributed by atoms with Crippen LogP contribution in [0.3, 0.4) is 0 Å². The molecule has 0 amide bonds. The lowest BCUT2D eigenvalue weighted by Crippen LogP contribution is -2.04. The summed E-state index contributed by atoms with van der Waals surface area (Å²) < 4.78 is 45.6. The van der Waals surface area contributed by atoms with Crippen molar-refractivity contribution >= 4 is 18.4 Å². The van der Waals surface area contributed by atoms with Crippen LogP contribution in [0.2, 0.25) is 0 Å². The molecule has 8 heteroatoms. The predicted molar refractivity (Wildman–Crippen MR) is 51.8 cm³/mol. The molecule has 0 aliphatic rings. The average Bonchev–Trinajstić information content (AvgIpc) is 2.27. The van der Waals surface area contributed by atoms with E-state index in [1.807, 2.05) is 0 Å². The first-order chi connectivity index (χ1) is 7.06. The molecule has 0 N–H and O–H groups in total. The first-order valence-electron chi connectivity index (χ1n) is 3.80. The molecule has 84 valence electrons. The SMILES string of the molecule is CO[PH](=O)OOS(=O)(=O)c1ccccc1. The van der Waals surface area contributed by atoms with Crippen molar-refractivity contribution in [2.24, 2.45) is 0 Å². The fourth-order valence-electron chi connectivity index (χ4n) is 0.733. The van der Waals surface area contributed by atoms with Gasteiger partial charge in [0, 0.05) is 7.11 Å². The van der Waals surface area contributed by atoms with E-state index in [9.17, 15) is 13.0 Å². The second kappa shape index (κ2) is 5.39. The zero-order valence-corrected chi connectivity index (χ0v) is 9.56. The minimum absolute atomic E-state index is 0.0871. The second-order valence-corrected chi connectivity index (χ2v) is 4.96. The molecule has 1 aromatic rings. The van der Waals surface area contributed by atoms with Gasteiger partial charge in [-0.05, 0) is 12.1 Å². The quantitative estimate of drug-likeness (QED) is 0.447. The van der Waals surface area contributed by atoms with Gasteiger partial charge in [0.2, 0.25) is 0 Å². The van der Waals surface area contributed by atoms with Crippen LogP contribution in [0.25, 0.3) is 0 Å². The van der Waals surface area contributed by atoms with Gasteiger partial charge < -0.3 is 4.52 Å². The maximum Gasteiger partial charge on any atom is 0.348 e. The smallest absolute Gasteiger partial charge is 0.312 e. The molecule has 1 atom stereocenters. The first-order valence-corrected chi connectivity index (χ1v) is 6.44. The van der Waals surface area contributed by atoms with Crippen LogP contribution < -0.4 is 0 Å². The molecule has 1 aromatic carbocycles. The molecule has 0 heterocycles. The highest BCUT2D eigenvalue weighted by atomic mass is 32.2. The molecular weight excluding hydrogens is 243 g/mol. The largest absolute Gasteiger partial charge is 0.348 e. The van der Waals surface area contributed by atoms with Crippen molar-refractivity contribution in [1.29, 1.82) is 0 Å². The summed E-state index contributed by atoms with van der Waals surface area (Å²) in [4.78, 5) is -0.0871. The number of hydrogen-bond acceptors (Lipinski definition) is 6. The molecule has 1 rings (SSSR count).